The fourth-order valence-electron chi connectivity index (χ4n) is 1.25. The second-order valence-corrected chi connectivity index (χ2v) is 3.72. The van der Waals surface area contributed by atoms with Crippen molar-refractivity contribution in [1.29, 1.82) is 0 Å². The SMILES string of the molecule is COc1cccc(CON=CC2CC2)c1. The first-order valence-corrected chi connectivity index (χ1v) is 5.17. The van der Waals surface area contributed by atoms with Crippen LogP contribution in [0.5, 0.6) is 5.75 Å². The van der Waals surface area contributed by atoms with Crippen LogP contribution in [0.1, 0.15) is 18.4 Å². The number of oxime groups is 1. The molecule has 0 aliphatic heterocycles. The quantitative estimate of drug-likeness (QED) is 0.546. The molecule has 80 valence electrons. The van der Waals surface area contributed by atoms with Gasteiger partial charge in [0.2, 0.25) is 0 Å². The van der Waals surface area contributed by atoms with E-state index in [-0.39, 0.29) is 0 Å². The average molecular weight is 205 g/mol. The zero-order valence-corrected chi connectivity index (χ0v) is 8.85. The first-order chi connectivity index (χ1) is 7.38. The lowest BCUT2D eigenvalue weighted by Gasteiger charge is -2.02. The van der Waals surface area contributed by atoms with Crippen molar-refractivity contribution < 1.29 is 9.57 Å². The normalized spacial score (nSPS) is 15.5. The molecule has 0 spiro atoms. The molecule has 2 rings (SSSR count). The van der Waals surface area contributed by atoms with Gasteiger partial charge in [0.1, 0.15) is 12.4 Å². The van der Waals surface area contributed by atoms with E-state index < -0.39 is 0 Å². The van der Waals surface area contributed by atoms with Crippen molar-refractivity contribution in [2.24, 2.45) is 11.1 Å². The van der Waals surface area contributed by atoms with Crippen LogP contribution in [0.15, 0.2) is 29.4 Å². The predicted octanol–water partition coefficient (Wildman–Crippen LogP) is 2.61. The minimum atomic E-state index is 0.500. The third kappa shape index (κ3) is 3.27. The number of hydrogen-bond donors (Lipinski definition) is 0. The zero-order valence-electron chi connectivity index (χ0n) is 8.85. The van der Waals surface area contributed by atoms with Crippen LogP contribution in [0.4, 0.5) is 0 Å². The molecule has 1 aromatic rings. The number of rotatable bonds is 5. The van der Waals surface area contributed by atoms with Gasteiger partial charge >= 0.3 is 0 Å². The molecule has 1 fully saturated rings. The molecule has 0 aromatic heterocycles. The third-order valence-corrected chi connectivity index (χ3v) is 2.33. The first-order valence-electron chi connectivity index (χ1n) is 5.17. The minimum absolute atomic E-state index is 0.500. The van der Waals surface area contributed by atoms with Crippen molar-refractivity contribution in [2.45, 2.75) is 19.4 Å². The Morgan fingerprint density at radius 3 is 3.07 bits per heavy atom. The molecule has 0 unspecified atom stereocenters. The second-order valence-electron chi connectivity index (χ2n) is 3.72. The maximum absolute atomic E-state index is 5.18. The molecule has 1 saturated carbocycles. The molecule has 1 aliphatic rings. The van der Waals surface area contributed by atoms with Gasteiger partial charge < -0.3 is 9.57 Å². The number of nitrogens with zero attached hydrogens (tertiary/aromatic N) is 1. The van der Waals surface area contributed by atoms with Crippen molar-refractivity contribution in [2.75, 3.05) is 7.11 Å². The Bertz CT molecular complexity index is 345. The van der Waals surface area contributed by atoms with E-state index in [1.165, 1.54) is 12.8 Å². The Morgan fingerprint density at radius 2 is 2.33 bits per heavy atom. The molecule has 1 aromatic carbocycles. The van der Waals surface area contributed by atoms with Gasteiger partial charge in [-0.25, -0.2) is 0 Å². The van der Waals surface area contributed by atoms with Crippen molar-refractivity contribution in [3.05, 3.63) is 29.8 Å². The van der Waals surface area contributed by atoms with E-state index in [2.05, 4.69) is 5.16 Å². The van der Waals surface area contributed by atoms with E-state index >= 15 is 0 Å². The predicted molar refractivity (Wildman–Crippen MR) is 59.0 cm³/mol. The van der Waals surface area contributed by atoms with Gasteiger partial charge in [-0.1, -0.05) is 17.3 Å². The van der Waals surface area contributed by atoms with E-state index in [9.17, 15) is 0 Å². The minimum Gasteiger partial charge on any atom is -0.497 e. The van der Waals surface area contributed by atoms with Crippen molar-refractivity contribution >= 4 is 6.21 Å². The van der Waals surface area contributed by atoms with Gasteiger partial charge in [0, 0.05) is 6.21 Å². The topological polar surface area (TPSA) is 30.8 Å². The standard InChI is InChI=1S/C12H15NO2/c1-14-12-4-2-3-11(7-12)9-15-13-8-10-5-6-10/h2-4,7-8,10H,5-6,9H2,1H3. The summed E-state index contributed by atoms with van der Waals surface area (Å²) in [6.45, 7) is 0.500. The molecule has 3 nitrogen and oxygen atoms in total. The summed E-state index contributed by atoms with van der Waals surface area (Å²) >= 11 is 0. The van der Waals surface area contributed by atoms with Gasteiger partial charge in [-0.3, -0.25) is 0 Å². The molecular formula is C12H15NO2. The van der Waals surface area contributed by atoms with Crippen molar-refractivity contribution in [1.82, 2.24) is 0 Å². The molecule has 1 aliphatic carbocycles. The number of benzene rings is 1. The van der Waals surface area contributed by atoms with Crippen molar-refractivity contribution in [3.63, 3.8) is 0 Å². The molecular weight excluding hydrogens is 190 g/mol. The van der Waals surface area contributed by atoms with E-state index in [0.29, 0.717) is 12.5 Å². The molecule has 0 bridgehead atoms. The van der Waals surface area contributed by atoms with Gasteiger partial charge in [-0.05, 0) is 36.5 Å². The van der Waals surface area contributed by atoms with Crippen LogP contribution >= 0.6 is 0 Å². The van der Waals surface area contributed by atoms with Gasteiger partial charge in [0.15, 0.2) is 0 Å². The highest BCUT2D eigenvalue weighted by molar-refractivity contribution is 5.62. The van der Waals surface area contributed by atoms with Gasteiger partial charge in [0.05, 0.1) is 7.11 Å². The Kier molecular flexibility index (Phi) is 3.22. The largest absolute Gasteiger partial charge is 0.497 e. The van der Waals surface area contributed by atoms with Crippen LogP contribution in [-0.2, 0) is 11.4 Å². The number of methoxy groups -OCH3 is 1. The zero-order chi connectivity index (χ0) is 10.5. The summed E-state index contributed by atoms with van der Waals surface area (Å²) in [4.78, 5) is 5.18. The Balaban J connectivity index is 1.81. The Morgan fingerprint density at radius 1 is 1.47 bits per heavy atom. The summed E-state index contributed by atoms with van der Waals surface area (Å²) in [6, 6.07) is 7.81. The molecule has 0 saturated heterocycles. The Labute approximate surface area is 89.7 Å². The molecule has 0 amide bonds. The van der Waals surface area contributed by atoms with Crippen LogP contribution in [0, 0.1) is 5.92 Å². The fourth-order valence-corrected chi connectivity index (χ4v) is 1.25. The molecule has 0 atom stereocenters. The van der Waals surface area contributed by atoms with Gasteiger partial charge in [0.25, 0.3) is 0 Å². The molecule has 0 heterocycles. The van der Waals surface area contributed by atoms with E-state index in [4.69, 9.17) is 9.57 Å². The van der Waals surface area contributed by atoms with Gasteiger partial charge in [-0.2, -0.15) is 0 Å². The molecule has 3 heteroatoms. The highest BCUT2D eigenvalue weighted by Gasteiger charge is 2.18. The lowest BCUT2D eigenvalue weighted by atomic mass is 10.2. The maximum atomic E-state index is 5.18. The highest BCUT2D eigenvalue weighted by atomic mass is 16.6. The average Bonchev–Trinajstić information content (AvgIpc) is 3.09. The summed E-state index contributed by atoms with van der Waals surface area (Å²) in [5.41, 5.74) is 1.07. The maximum Gasteiger partial charge on any atom is 0.142 e. The van der Waals surface area contributed by atoms with Crippen LogP contribution in [0.2, 0.25) is 0 Å². The summed E-state index contributed by atoms with van der Waals surface area (Å²) < 4.78 is 5.12. The summed E-state index contributed by atoms with van der Waals surface area (Å²) in [6.07, 6.45) is 4.40. The molecule has 0 radical (unpaired) electrons. The highest BCUT2D eigenvalue weighted by Crippen LogP contribution is 2.26. The van der Waals surface area contributed by atoms with E-state index in [1.54, 1.807) is 7.11 Å². The lowest BCUT2D eigenvalue weighted by molar-refractivity contribution is 0.131. The van der Waals surface area contributed by atoms with Crippen LogP contribution in [0.25, 0.3) is 0 Å². The lowest BCUT2D eigenvalue weighted by Crippen LogP contribution is -1.89. The van der Waals surface area contributed by atoms with Crippen LogP contribution < -0.4 is 4.74 Å². The Hall–Kier alpha value is -1.51. The van der Waals surface area contributed by atoms with Crippen LogP contribution in [-0.4, -0.2) is 13.3 Å². The molecule has 15 heavy (non-hydrogen) atoms. The molecule has 0 N–H and O–H groups in total. The third-order valence-electron chi connectivity index (χ3n) is 2.33. The van der Waals surface area contributed by atoms with Crippen LogP contribution in [0.3, 0.4) is 0 Å². The smallest absolute Gasteiger partial charge is 0.142 e. The first kappa shape index (κ1) is 10.0. The van der Waals surface area contributed by atoms with Gasteiger partial charge in [-0.15, -0.1) is 0 Å². The van der Waals surface area contributed by atoms with Crippen molar-refractivity contribution in [3.8, 4) is 5.75 Å². The second kappa shape index (κ2) is 4.82. The summed E-state index contributed by atoms with van der Waals surface area (Å²) in [5.74, 6) is 1.51. The number of ether oxygens (including phenoxy) is 1. The summed E-state index contributed by atoms with van der Waals surface area (Å²) in [5, 5.41) is 3.92. The number of hydrogen-bond acceptors (Lipinski definition) is 3. The monoisotopic (exact) mass is 205 g/mol. The summed E-state index contributed by atoms with van der Waals surface area (Å²) in [7, 11) is 1.66. The van der Waals surface area contributed by atoms with E-state index in [1.807, 2.05) is 30.5 Å². The van der Waals surface area contributed by atoms with E-state index in [0.717, 1.165) is 11.3 Å². The fraction of sp³-hybridized carbons (Fsp3) is 0.417.